The molecule has 8 nitrogen and oxygen atoms in total. The van der Waals surface area contributed by atoms with Crippen LogP contribution in [0.5, 0.6) is 0 Å². The van der Waals surface area contributed by atoms with Gasteiger partial charge in [-0.3, -0.25) is 4.79 Å². The summed E-state index contributed by atoms with van der Waals surface area (Å²) < 4.78 is 47.4. The lowest BCUT2D eigenvalue weighted by Gasteiger charge is -2.33. The van der Waals surface area contributed by atoms with Crippen LogP contribution in [0.4, 0.5) is 35.3 Å². The standard InChI is InChI=1S/C34H40F3N5O3/c1-20-18-23(21-14-16-42(17-15-21)31(44)45-32(2,3)4)11-12-25(20)40-30-38-19-24(34(35,36)37)26(41-30)13-10-22-8-7-9-27-28(22)33(5,6)29(43)39-27/h7-9,11-12,18-19,21H,10,13-17H2,1-6H3,(H,39,43)(H,38,40,41). The third-order valence-electron chi connectivity index (χ3n) is 8.51. The largest absolute Gasteiger partial charge is 0.444 e. The van der Waals surface area contributed by atoms with Crippen molar-refractivity contribution in [2.24, 2.45) is 0 Å². The molecule has 240 valence electrons. The van der Waals surface area contributed by atoms with Gasteiger partial charge in [0.25, 0.3) is 0 Å². The SMILES string of the molecule is Cc1cc(C2CCN(C(=O)OC(C)(C)C)CC2)ccc1Nc1ncc(C(F)(F)F)c(CCc2cccc3c2C(C)(C)C(=O)N3)n1. The number of anilines is 3. The molecule has 2 aliphatic heterocycles. The van der Waals surface area contributed by atoms with Gasteiger partial charge in [0.2, 0.25) is 11.9 Å². The molecule has 0 atom stereocenters. The zero-order valence-electron chi connectivity index (χ0n) is 26.6. The van der Waals surface area contributed by atoms with E-state index in [-0.39, 0.29) is 42.4 Å². The van der Waals surface area contributed by atoms with Crippen molar-refractivity contribution in [1.82, 2.24) is 14.9 Å². The van der Waals surface area contributed by atoms with Crippen molar-refractivity contribution in [1.29, 1.82) is 0 Å². The van der Waals surface area contributed by atoms with Crippen molar-refractivity contribution in [2.75, 3.05) is 23.7 Å². The molecule has 5 rings (SSSR count). The number of hydrogen-bond acceptors (Lipinski definition) is 6. The van der Waals surface area contributed by atoms with Crippen LogP contribution in [0.25, 0.3) is 0 Å². The molecule has 1 fully saturated rings. The van der Waals surface area contributed by atoms with Crippen LogP contribution in [0.1, 0.15) is 86.9 Å². The van der Waals surface area contributed by atoms with Gasteiger partial charge < -0.3 is 20.3 Å². The molecule has 0 saturated carbocycles. The minimum Gasteiger partial charge on any atom is -0.444 e. The number of aromatic nitrogens is 2. The second-order valence-electron chi connectivity index (χ2n) is 13.4. The number of halogens is 3. The number of nitrogens with zero attached hydrogens (tertiary/aromatic N) is 3. The number of benzene rings is 2. The number of rotatable bonds is 6. The van der Waals surface area contributed by atoms with Gasteiger partial charge in [0.15, 0.2) is 0 Å². The smallest absolute Gasteiger partial charge is 0.419 e. The van der Waals surface area contributed by atoms with Gasteiger partial charge in [-0.1, -0.05) is 24.3 Å². The van der Waals surface area contributed by atoms with Crippen LogP contribution in [-0.2, 0) is 34.0 Å². The number of ether oxygens (including phenoxy) is 1. The number of aryl methyl sites for hydroxylation is 3. The number of fused-ring (bicyclic) bond motifs is 1. The van der Waals surface area contributed by atoms with Crippen molar-refractivity contribution in [2.45, 2.75) is 90.3 Å². The number of carbonyl (C=O) groups excluding carboxylic acids is 2. The average Bonchev–Trinajstić information content (AvgIpc) is 3.19. The Hall–Kier alpha value is -4.15. The molecule has 1 saturated heterocycles. The van der Waals surface area contributed by atoms with E-state index >= 15 is 0 Å². The van der Waals surface area contributed by atoms with E-state index in [1.165, 1.54) is 0 Å². The fraction of sp³-hybridized carbons (Fsp3) is 0.471. The summed E-state index contributed by atoms with van der Waals surface area (Å²) in [5.74, 6) is 0.220. The quantitative estimate of drug-likeness (QED) is 0.293. The summed E-state index contributed by atoms with van der Waals surface area (Å²) in [6.45, 7) is 12.3. The summed E-state index contributed by atoms with van der Waals surface area (Å²) >= 11 is 0. The number of carbonyl (C=O) groups is 2. The van der Waals surface area contributed by atoms with E-state index in [0.717, 1.165) is 41.3 Å². The minimum absolute atomic E-state index is 0.0205. The molecule has 2 aliphatic rings. The van der Waals surface area contributed by atoms with E-state index in [4.69, 9.17) is 4.74 Å². The molecule has 11 heteroatoms. The summed E-state index contributed by atoms with van der Waals surface area (Å²) in [5.41, 5.74) is 2.74. The molecular weight excluding hydrogens is 583 g/mol. The first kappa shape index (κ1) is 32.2. The fourth-order valence-corrected chi connectivity index (χ4v) is 6.12. The first-order valence-electron chi connectivity index (χ1n) is 15.3. The number of likely N-dealkylation sites (tertiary alicyclic amines) is 1. The van der Waals surface area contributed by atoms with Crippen molar-refractivity contribution < 1.29 is 27.5 Å². The van der Waals surface area contributed by atoms with E-state index in [1.54, 1.807) is 17.0 Å². The molecule has 0 radical (unpaired) electrons. The number of alkyl halides is 3. The summed E-state index contributed by atoms with van der Waals surface area (Å²) in [7, 11) is 0. The van der Waals surface area contributed by atoms with Gasteiger partial charge in [0.05, 0.1) is 16.7 Å². The molecular formula is C34H40F3N5O3. The van der Waals surface area contributed by atoms with Crippen LogP contribution in [0.3, 0.4) is 0 Å². The molecule has 1 aromatic heterocycles. The van der Waals surface area contributed by atoms with Crippen LogP contribution in [-0.4, -0.2) is 45.6 Å². The van der Waals surface area contributed by atoms with Crippen molar-refractivity contribution in [3.63, 3.8) is 0 Å². The Bertz CT molecular complexity index is 1610. The Labute approximate surface area is 261 Å². The fourth-order valence-electron chi connectivity index (χ4n) is 6.12. The first-order valence-corrected chi connectivity index (χ1v) is 15.3. The molecule has 2 amide bonds. The van der Waals surface area contributed by atoms with Gasteiger partial charge in [-0.2, -0.15) is 13.2 Å². The Morgan fingerprint density at radius 2 is 1.82 bits per heavy atom. The third kappa shape index (κ3) is 7.07. The molecule has 3 heterocycles. The Kier molecular flexibility index (Phi) is 8.59. The molecule has 2 N–H and O–H groups in total. The van der Waals surface area contributed by atoms with Crippen molar-refractivity contribution in [3.05, 3.63) is 76.1 Å². The predicted molar refractivity (Wildman–Crippen MR) is 167 cm³/mol. The summed E-state index contributed by atoms with van der Waals surface area (Å²) in [6, 6.07) is 11.4. The summed E-state index contributed by atoms with van der Waals surface area (Å²) in [4.78, 5) is 35.0. The minimum atomic E-state index is -4.61. The second kappa shape index (κ2) is 12.0. The second-order valence-corrected chi connectivity index (χ2v) is 13.4. The predicted octanol–water partition coefficient (Wildman–Crippen LogP) is 7.68. The van der Waals surface area contributed by atoms with Crippen LogP contribution >= 0.6 is 0 Å². The first-order chi connectivity index (χ1) is 21.0. The van der Waals surface area contributed by atoms with E-state index in [2.05, 4.69) is 26.7 Å². The third-order valence-corrected chi connectivity index (χ3v) is 8.51. The van der Waals surface area contributed by atoms with Gasteiger partial charge in [-0.05, 0) is 108 Å². The average molecular weight is 624 g/mol. The van der Waals surface area contributed by atoms with Gasteiger partial charge in [-0.25, -0.2) is 14.8 Å². The maximum Gasteiger partial charge on any atom is 0.419 e. The monoisotopic (exact) mass is 623 g/mol. The summed E-state index contributed by atoms with van der Waals surface area (Å²) in [5, 5.41) is 5.98. The van der Waals surface area contributed by atoms with E-state index in [0.29, 0.717) is 24.5 Å². The van der Waals surface area contributed by atoms with E-state index < -0.39 is 22.8 Å². The maximum atomic E-state index is 14.0. The highest BCUT2D eigenvalue weighted by atomic mass is 19.4. The van der Waals surface area contributed by atoms with Gasteiger partial charge in [0, 0.05) is 30.7 Å². The zero-order chi connectivity index (χ0) is 32.7. The zero-order valence-corrected chi connectivity index (χ0v) is 26.6. The van der Waals surface area contributed by atoms with Crippen molar-refractivity contribution in [3.8, 4) is 0 Å². The van der Waals surface area contributed by atoms with Crippen molar-refractivity contribution >= 4 is 29.3 Å². The molecule has 0 aliphatic carbocycles. The van der Waals surface area contributed by atoms with E-state index in [9.17, 15) is 22.8 Å². The molecule has 3 aromatic rings. The Balaban J connectivity index is 1.30. The molecule has 0 spiro atoms. The lowest BCUT2D eigenvalue weighted by Crippen LogP contribution is -2.41. The molecule has 45 heavy (non-hydrogen) atoms. The topological polar surface area (TPSA) is 96.5 Å². The lowest BCUT2D eigenvalue weighted by atomic mass is 9.82. The Morgan fingerprint density at radius 1 is 1.11 bits per heavy atom. The number of amides is 2. The van der Waals surface area contributed by atoms with Gasteiger partial charge >= 0.3 is 12.3 Å². The number of piperidine rings is 1. The molecule has 0 unspecified atom stereocenters. The highest BCUT2D eigenvalue weighted by Gasteiger charge is 2.40. The van der Waals surface area contributed by atoms with Crippen LogP contribution in [0.15, 0.2) is 42.6 Å². The Morgan fingerprint density at radius 3 is 2.47 bits per heavy atom. The normalized spacial score (nSPS) is 16.7. The molecule has 2 aromatic carbocycles. The van der Waals surface area contributed by atoms with Gasteiger partial charge in [0.1, 0.15) is 5.60 Å². The van der Waals surface area contributed by atoms with Gasteiger partial charge in [-0.15, -0.1) is 0 Å². The van der Waals surface area contributed by atoms with Crippen LogP contribution < -0.4 is 10.6 Å². The highest BCUT2D eigenvalue weighted by molar-refractivity contribution is 6.06. The number of nitrogens with one attached hydrogen (secondary N) is 2. The lowest BCUT2D eigenvalue weighted by molar-refractivity contribution is -0.138. The molecule has 0 bridgehead atoms. The maximum absolute atomic E-state index is 14.0. The summed E-state index contributed by atoms with van der Waals surface area (Å²) in [6.07, 6.45) is -2.16. The number of hydrogen-bond donors (Lipinski definition) is 2. The van der Waals surface area contributed by atoms with Crippen LogP contribution in [0.2, 0.25) is 0 Å². The van der Waals surface area contributed by atoms with E-state index in [1.807, 2.05) is 59.7 Å². The van der Waals surface area contributed by atoms with Crippen LogP contribution in [0, 0.1) is 6.92 Å². The highest BCUT2D eigenvalue weighted by Crippen LogP contribution is 2.40.